The number of hydrogen-bond acceptors (Lipinski definition) is 5. The summed E-state index contributed by atoms with van der Waals surface area (Å²) in [6, 6.07) is 26.8. The molecule has 4 aromatic rings. The Hall–Kier alpha value is -3.86. The zero-order chi connectivity index (χ0) is 32.6. The van der Waals surface area contributed by atoms with Crippen molar-refractivity contribution in [1.82, 2.24) is 10.2 Å². The minimum absolute atomic E-state index is 0.0316. The standard InChI is InChI=1S/C34H35BrClN3O5S/c1-4-37-34(41)31(20-25-9-6-5-7-10-25)38(22-26-11-8-12-27(36)19-26)33(40)23-39(28-15-13-24(2)14-16-28)45(42,43)29-17-18-32(44-3)30(35)21-29/h5-19,21,31H,4,20,22-23H2,1-3H3,(H,37,41). The van der Waals surface area contributed by atoms with Gasteiger partial charge in [-0.3, -0.25) is 13.9 Å². The molecule has 8 nitrogen and oxygen atoms in total. The van der Waals surface area contributed by atoms with Gasteiger partial charge in [0.05, 0.1) is 22.2 Å². The molecular weight excluding hydrogens is 678 g/mol. The lowest BCUT2D eigenvalue weighted by Crippen LogP contribution is -2.53. The summed E-state index contributed by atoms with van der Waals surface area (Å²) in [5.41, 5.74) is 2.78. The molecule has 0 aliphatic rings. The monoisotopic (exact) mass is 711 g/mol. The highest BCUT2D eigenvalue weighted by Gasteiger charge is 2.34. The first kappa shape index (κ1) is 34.0. The van der Waals surface area contributed by atoms with Crippen LogP contribution in [-0.2, 0) is 32.6 Å². The summed E-state index contributed by atoms with van der Waals surface area (Å²) in [6.07, 6.45) is 0.224. The number of ether oxygens (including phenoxy) is 1. The number of carbonyl (C=O) groups excluding carboxylic acids is 2. The number of aryl methyl sites for hydroxylation is 1. The third kappa shape index (κ3) is 8.65. The SMILES string of the molecule is CCNC(=O)C(Cc1ccccc1)N(Cc1cccc(Cl)c1)C(=O)CN(c1ccc(C)cc1)S(=O)(=O)c1ccc(OC)c(Br)c1. The summed E-state index contributed by atoms with van der Waals surface area (Å²) < 4.78 is 35.3. The first-order valence-electron chi connectivity index (χ1n) is 14.3. The van der Waals surface area contributed by atoms with Crippen LogP contribution in [-0.4, -0.2) is 51.4 Å². The Morgan fingerprint density at radius 1 is 0.933 bits per heavy atom. The number of halogens is 2. The highest BCUT2D eigenvalue weighted by atomic mass is 79.9. The van der Waals surface area contributed by atoms with Gasteiger partial charge >= 0.3 is 0 Å². The van der Waals surface area contributed by atoms with Crippen molar-refractivity contribution in [2.45, 2.75) is 37.8 Å². The van der Waals surface area contributed by atoms with Crippen LogP contribution < -0.4 is 14.4 Å². The van der Waals surface area contributed by atoms with Crippen molar-refractivity contribution in [3.63, 3.8) is 0 Å². The average Bonchev–Trinajstić information content (AvgIpc) is 3.02. The highest BCUT2D eigenvalue weighted by Crippen LogP contribution is 2.31. The lowest BCUT2D eigenvalue weighted by atomic mass is 10.0. The van der Waals surface area contributed by atoms with Gasteiger partial charge in [-0.05, 0) is 83.4 Å². The van der Waals surface area contributed by atoms with Crippen molar-refractivity contribution in [2.24, 2.45) is 0 Å². The zero-order valence-electron chi connectivity index (χ0n) is 25.2. The number of likely N-dealkylation sites (N-methyl/N-ethyl adjacent to an activating group) is 1. The Kier molecular flexibility index (Phi) is 11.7. The molecule has 4 aromatic carbocycles. The lowest BCUT2D eigenvalue weighted by molar-refractivity contribution is -0.140. The summed E-state index contributed by atoms with van der Waals surface area (Å²) in [6.45, 7) is 3.53. The number of sulfonamides is 1. The molecule has 0 aliphatic heterocycles. The van der Waals surface area contributed by atoms with E-state index in [1.165, 1.54) is 24.1 Å². The maximum absolute atomic E-state index is 14.4. The molecular formula is C34H35BrClN3O5S. The van der Waals surface area contributed by atoms with Gasteiger partial charge in [-0.2, -0.15) is 0 Å². The summed E-state index contributed by atoms with van der Waals surface area (Å²) in [5.74, 6) is -0.440. The predicted molar refractivity (Wildman–Crippen MR) is 181 cm³/mol. The largest absolute Gasteiger partial charge is 0.496 e. The Morgan fingerprint density at radius 2 is 1.62 bits per heavy atom. The normalized spacial score (nSPS) is 11.8. The van der Waals surface area contributed by atoms with Crippen LogP contribution in [0.4, 0.5) is 5.69 Å². The highest BCUT2D eigenvalue weighted by molar-refractivity contribution is 9.10. The van der Waals surface area contributed by atoms with Gasteiger partial charge in [0.15, 0.2) is 0 Å². The molecule has 0 aromatic heterocycles. The third-order valence-corrected chi connectivity index (χ3v) is 9.80. The zero-order valence-corrected chi connectivity index (χ0v) is 28.4. The van der Waals surface area contributed by atoms with Crippen molar-refractivity contribution in [3.05, 3.63) is 123 Å². The molecule has 11 heteroatoms. The van der Waals surface area contributed by atoms with Gasteiger partial charge in [-0.1, -0.05) is 71.8 Å². The molecule has 0 saturated carbocycles. The molecule has 236 valence electrons. The number of rotatable bonds is 13. The minimum atomic E-state index is -4.26. The van der Waals surface area contributed by atoms with E-state index in [-0.39, 0.29) is 23.8 Å². The fourth-order valence-corrected chi connectivity index (χ4v) is 7.20. The Morgan fingerprint density at radius 3 is 2.24 bits per heavy atom. The van der Waals surface area contributed by atoms with E-state index in [0.29, 0.717) is 33.0 Å². The minimum Gasteiger partial charge on any atom is -0.496 e. The molecule has 4 rings (SSSR count). The second-order valence-corrected chi connectivity index (χ2v) is 13.5. The molecule has 1 N–H and O–H groups in total. The number of methoxy groups -OCH3 is 1. The van der Waals surface area contributed by atoms with Gasteiger partial charge in [0.2, 0.25) is 11.8 Å². The van der Waals surface area contributed by atoms with E-state index in [1.807, 2.05) is 43.3 Å². The van der Waals surface area contributed by atoms with Crippen molar-refractivity contribution >= 4 is 55.1 Å². The van der Waals surface area contributed by atoms with Crippen LogP contribution in [0.1, 0.15) is 23.6 Å². The van der Waals surface area contributed by atoms with Crippen LogP contribution in [0.2, 0.25) is 5.02 Å². The smallest absolute Gasteiger partial charge is 0.264 e. The van der Waals surface area contributed by atoms with Crippen LogP contribution in [0.15, 0.2) is 106 Å². The summed E-state index contributed by atoms with van der Waals surface area (Å²) in [5, 5.41) is 3.33. The maximum Gasteiger partial charge on any atom is 0.264 e. The Labute approximate surface area is 278 Å². The van der Waals surface area contributed by atoms with Gasteiger partial charge in [0.1, 0.15) is 18.3 Å². The second kappa shape index (κ2) is 15.4. The molecule has 0 fully saturated rings. The Balaban J connectivity index is 1.81. The van der Waals surface area contributed by atoms with Gasteiger partial charge in [-0.25, -0.2) is 8.42 Å². The molecule has 1 unspecified atom stereocenters. The molecule has 45 heavy (non-hydrogen) atoms. The van der Waals surface area contributed by atoms with Crippen LogP contribution in [0, 0.1) is 6.92 Å². The quantitative estimate of drug-likeness (QED) is 0.173. The molecule has 0 saturated heterocycles. The maximum atomic E-state index is 14.4. The van der Waals surface area contributed by atoms with Crippen molar-refractivity contribution < 1.29 is 22.7 Å². The van der Waals surface area contributed by atoms with Crippen LogP contribution in [0.3, 0.4) is 0 Å². The first-order valence-corrected chi connectivity index (χ1v) is 16.9. The molecule has 2 amide bonds. The Bertz CT molecular complexity index is 1740. The summed E-state index contributed by atoms with van der Waals surface area (Å²) in [4.78, 5) is 29.4. The topological polar surface area (TPSA) is 96.0 Å². The van der Waals surface area contributed by atoms with E-state index in [4.69, 9.17) is 16.3 Å². The number of benzene rings is 4. The number of hydrogen-bond donors (Lipinski definition) is 1. The predicted octanol–water partition coefficient (Wildman–Crippen LogP) is 6.39. The summed E-state index contributed by atoms with van der Waals surface area (Å²) >= 11 is 9.66. The van der Waals surface area contributed by atoms with Gasteiger partial charge < -0.3 is 15.0 Å². The van der Waals surface area contributed by atoms with Crippen molar-refractivity contribution in [2.75, 3.05) is 24.5 Å². The van der Waals surface area contributed by atoms with Crippen LogP contribution in [0.5, 0.6) is 5.75 Å². The molecule has 0 spiro atoms. The number of carbonyl (C=O) groups is 2. The van der Waals surface area contributed by atoms with Crippen LogP contribution >= 0.6 is 27.5 Å². The van der Waals surface area contributed by atoms with E-state index in [2.05, 4.69) is 21.2 Å². The average molecular weight is 713 g/mol. The first-order chi connectivity index (χ1) is 21.5. The van der Waals surface area contributed by atoms with Gasteiger partial charge in [-0.15, -0.1) is 0 Å². The van der Waals surface area contributed by atoms with E-state index >= 15 is 0 Å². The fourth-order valence-electron chi connectivity index (χ4n) is 4.85. The molecule has 0 bridgehead atoms. The molecule has 1 atom stereocenters. The molecule has 0 heterocycles. The molecule has 0 aliphatic carbocycles. The number of amides is 2. The third-order valence-electron chi connectivity index (χ3n) is 7.18. The lowest BCUT2D eigenvalue weighted by Gasteiger charge is -2.34. The molecule has 0 radical (unpaired) electrons. The van der Waals surface area contributed by atoms with Crippen LogP contribution in [0.25, 0.3) is 0 Å². The van der Waals surface area contributed by atoms with Gasteiger partial charge in [0.25, 0.3) is 10.0 Å². The summed E-state index contributed by atoms with van der Waals surface area (Å²) in [7, 11) is -2.77. The second-order valence-electron chi connectivity index (χ2n) is 10.4. The van der Waals surface area contributed by atoms with Crippen molar-refractivity contribution in [1.29, 1.82) is 0 Å². The van der Waals surface area contributed by atoms with Gasteiger partial charge in [0, 0.05) is 24.5 Å². The number of nitrogens with one attached hydrogen (secondary N) is 1. The van der Waals surface area contributed by atoms with E-state index in [9.17, 15) is 18.0 Å². The van der Waals surface area contributed by atoms with E-state index < -0.39 is 28.5 Å². The number of anilines is 1. The van der Waals surface area contributed by atoms with Crippen molar-refractivity contribution in [3.8, 4) is 5.75 Å². The van der Waals surface area contributed by atoms with E-state index in [0.717, 1.165) is 15.4 Å². The fraction of sp³-hybridized carbons (Fsp3) is 0.235. The van der Waals surface area contributed by atoms with E-state index in [1.54, 1.807) is 55.5 Å². The number of nitrogens with zero attached hydrogens (tertiary/aromatic N) is 2.